The number of carbonyl (C=O) groups excluding carboxylic acids is 1. The molecule has 6 aliphatic rings. The average molecular weight is 732 g/mol. The number of nitrogens with one attached hydrogen (secondary N) is 1. The molecule has 296 valence electrons. The lowest BCUT2D eigenvalue weighted by atomic mass is 9.33. The fraction of sp³-hybridized carbons (Fsp3) is 0.905. The maximum atomic E-state index is 14.3. The molecule has 0 unspecified atom stereocenters. The Balaban J connectivity index is 1.23. The predicted octanol–water partition coefficient (Wildman–Crippen LogP) is 5.73. The Labute approximate surface area is 311 Å². The maximum Gasteiger partial charge on any atom is 0.303 e. The first-order chi connectivity index (χ1) is 24.3. The number of allylic oxidation sites excluding steroid dienone is 2. The minimum absolute atomic E-state index is 0.0174. The number of unbranched alkanes of at least 4 members (excludes halogenated alkanes) is 2. The summed E-state index contributed by atoms with van der Waals surface area (Å²) in [5.74, 6) is 0.472. The van der Waals surface area contributed by atoms with Gasteiger partial charge in [-0.2, -0.15) is 0 Å². The zero-order valence-electron chi connectivity index (χ0n) is 33.0. The first-order valence-corrected chi connectivity index (χ1v) is 20.4. The molecule has 10 nitrogen and oxygen atoms in total. The minimum Gasteiger partial charge on any atom is -0.481 e. The van der Waals surface area contributed by atoms with Crippen molar-refractivity contribution in [1.82, 2.24) is 5.32 Å². The van der Waals surface area contributed by atoms with Crippen LogP contribution in [-0.2, 0) is 19.1 Å². The number of aliphatic carboxylic acids is 1. The molecule has 1 amide bonds. The first-order valence-electron chi connectivity index (χ1n) is 20.4. The van der Waals surface area contributed by atoms with Crippen LogP contribution in [0.4, 0.5) is 0 Å². The molecular formula is C42H69NO9. The van der Waals surface area contributed by atoms with Crippen LogP contribution in [-0.4, -0.2) is 87.4 Å². The number of aliphatic hydroxyl groups excluding tert-OH is 4. The van der Waals surface area contributed by atoms with Gasteiger partial charge in [-0.3, -0.25) is 9.59 Å². The van der Waals surface area contributed by atoms with E-state index in [0.29, 0.717) is 24.8 Å². The van der Waals surface area contributed by atoms with Gasteiger partial charge in [0.15, 0.2) is 6.29 Å². The largest absolute Gasteiger partial charge is 0.481 e. The SMILES string of the molecule is CC1(C)CC[C@]2(C(=O)NCCCCCC(=O)O)CC[C@]3(C)C(=CC[C@@H]4[C@@]5(C)CC[C@H](O[C@@H]6O[C@H](CO)[C@@H](O)[C@H](O)[C@H]6O)C(C)(C)[C@@H]5CC[C@]43C)[C@@H]2C1. The van der Waals surface area contributed by atoms with Gasteiger partial charge in [0.1, 0.15) is 24.4 Å². The molecule has 13 atom stereocenters. The van der Waals surface area contributed by atoms with Crippen LogP contribution in [0.25, 0.3) is 0 Å². The van der Waals surface area contributed by atoms with Crippen LogP contribution in [0.15, 0.2) is 11.6 Å². The zero-order chi connectivity index (χ0) is 38.1. The van der Waals surface area contributed by atoms with Gasteiger partial charge in [-0.1, -0.05) is 66.5 Å². The molecule has 0 radical (unpaired) electrons. The van der Waals surface area contributed by atoms with E-state index < -0.39 is 48.7 Å². The number of hydrogen-bond acceptors (Lipinski definition) is 8. The van der Waals surface area contributed by atoms with Gasteiger partial charge < -0.3 is 40.3 Å². The Hall–Kier alpha value is -1.56. The number of amides is 1. The Bertz CT molecular complexity index is 1380. The van der Waals surface area contributed by atoms with Crippen LogP contribution < -0.4 is 5.32 Å². The topological polar surface area (TPSA) is 166 Å². The summed E-state index contributed by atoms with van der Waals surface area (Å²) < 4.78 is 12.3. The number of carboxylic acid groups (broad SMARTS) is 1. The molecule has 1 aliphatic heterocycles. The number of fused-ring (bicyclic) bond motifs is 7. The van der Waals surface area contributed by atoms with Gasteiger partial charge in [-0.15, -0.1) is 0 Å². The van der Waals surface area contributed by atoms with Crippen molar-refractivity contribution in [3.8, 4) is 0 Å². The predicted molar refractivity (Wildman–Crippen MR) is 197 cm³/mol. The number of carbonyl (C=O) groups is 2. The summed E-state index contributed by atoms with van der Waals surface area (Å²) >= 11 is 0. The molecule has 0 aromatic carbocycles. The summed E-state index contributed by atoms with van der Waals surface area (Å²) in [5, 5.41) is 53.7. The molecule has 1 heterocycles. The van der Waals surface area contributed by atoms with Crippen LogP contribution in [0.5, 0.6) is 0 Å². The van der Waals surface area contributed by atoms with Crippen LogP contribution >= 0.6 is 0 Å². The molecule has 1 saturated heterocycles. The molecule has 5 aliphatic carbocycles. The Morgan fingerprint density at radius 1 is 0.865 bits per heavy atom. The number of hydrogen-bond donors (Lipinski definition) is 6. The number of aliphatic hydroxyl groups is 4. The highest BCUT2D eigenvalue weighted by Gasteiger charge is 2.69. The van der Waals surface area contributed by atoms with Crippen molar-refractivity contribution in [2.75, 3.05) is 13.2 Å². The molecule has 0 bridgehead atoms. The first kappa shape index (κ1) is 40.1. The molecule has 6 rings (SSSR count). The van der Waals surface area contributed by atoms with E-state index in [0.717, 1.165) is 77.0 Å². The van der Waals surface area contributed by atoms with Crippen molar-refractivity contribution in [1.29, 1.82) is 0 Å². The van der Waals surface area contributed by atoms with Gasteiger partial charge in [0.25, 0.3) is 0 Å². The van der Waals surface area contributed by atoms with E-state index in [4.69, 9.17) is 14.6 Å². The van der Waals surface area contributed by atoms with E-state index in [9.17, 15) is 30.0 Å². The minimum atomic E-state index is -1.46. The molecule has 5 fully saturated rings. The highest BCUT2D eigenvalue weighted by Crippen LogP contribution is 2.76. The van der Waals surface area contributed by atoms with Gasteiger partial charge in [-0.25, -0.2) is 0 Å². The summed E-state index contributed by atoms with van der Waals surface area (Å²) in [6, 6.07) is 0. The normalized spacial score (nSPS) is 46.4. The number of rotatable bonds is 10. The maximum absolute atomic E-state index is 14.3. The van der Waals surface area contributed by atoms with Crippen LogP contribution in [0.2, 0.25) is 0 Å². The van der Waals surface area contributed by atoms with Gasteiger partial charge >= 0.3 is 5.97 Å². The molecule has 10 heteroatoms. The van der Waals surface area contributed by atoms with Crippen molar-refractivity contribution < 1.29 is 44.6 Å². The molecule has 0 aromatic heterocycles. The fourth-order valence-electron chi connectivity index (χ4n) is 13.2. The molecular weight excluding hydrogens is 662 g/mol. The average Bonchev–Trinajstić information content (AvgIpc) is 3.07. The van der Waals surface area contributed by atoms with E-state index in [-0.39, 0.29) is 51.4 Å². The lowest BCUT2D eigenvalue weighted by Crippen LogP contribution is -2.66. The second-order valence-electron chi connectivity index (χ2n) is 20.0. The highest BCUT2D eigenvalue weighted by molar-refractivity contribution is 5.84. The molecule has 0 aromatic rings. The van der Waals surface area contributed by atoms with E-state index in [1.807, 2.05) is 0 Å². The third-order valence-electron chi connectivity index (χ3n) is 16.5. The van der Waals surface area contributed by atoms with Gasteiger partial charge in [-0.05, 0) is 122 Å². The van der Waals surface area contributed by atoms with Crippen LogP contribution in [0.3, 0.4) is 0 Å². The summed E-state index contributed by atoms with van der Waals surface area (Å²) in [6.45, 7) is 17.0. The number of ether oxygens (including phenoxy) is 2. The van der Waals surface area contributed by atoms with Gasteiger partial charge in [0.05, 0.1) is 18.1 Å². The van der Waals surface area contributed by atoms with Gasteiger partial charge in [0, 0.05) is 13.0 Å². The molecule has 4 saturated carbocycles. The molecule has 0 spiro atoms. The molecule has 52 heavy (non-hydrogen) atoms. The van der Waals surface area contributed by atoms with Crippen molar-refractivity contribution in [3.63, 3.8) is 0 Å². The standard InChI is InChI=1S/C42H69NO9/c1-37(2)18-20-42(36(50)43-22-10-8-9-11-31(45)46)21-19-40(6)25(26(42)23-37)12-13-29-39(5)16-15-30(38(3,4)28(39)14-17-41(29,40)7)52-35-34(49)33(48)32(47)27(24-44)51-35/h12,26-30,32-35,44,47-49H,8-11,13-24H2,1-7H3,(H,43,50)(H,45,46)/t26-,27+,28-,29+,30-,32+,33-,34+,35-,39-,40+,41+,42-/m0/s1. The fourth-order valence-corrected chi connectivity index (χ4v) is 13.2. The van der Waals surface area contributed by atoms with Crippen molar-refractivity contribution in [2.45, 2.75) is 175 Å². The van der Waals surface area contributed by atoms with Crippen molar-refractivity contribution in [2.24, 2.45) is 50.2 Å². The Morgan fingerprint density at radius 2 is 1.58 bits per heavy atom. The Kier molecular flexibility index (Phi) is 10.9. The number of carboxylic acids is 1. The van der Waals surface area contributed by atoms with Crippen molar-refractivity contribution in [3.05, 3.63) is 11.6 Å². The van der Waals surface area contributed by atoms with Crippen LogP contribution in [0, 0.1) is 50.2 Å². The summed E-state index contributed by atoms with van der Waals surface area (Å²) in [4.78, 5) is 25.3. The van der Waals surface area contributed by atoms with Gasteiger partial charge in [0.2, 0.25) is 5.91 Å². The summed E-state index contributed by atoms with van der Waals surface area (Å²) in [7, 11) is 0. The third-order valence-corrected chi connectivity index (χ3v) is 16.5. The van der Waals surface area contributed by atoms with E-state index >= 15 is 0 Å². The monoisotopic (exact) mass is 731 g/mol. The lowest BCUT2D eigenvalue weighted by molar-refractivity contribution is -0.330. The summed E-state index contributed by atoms with van der Waals surface area (Å²) in [5.41, 5.74) is 1.15. The Morgan fingerprint density at radius 3 is 2.27 bits per heavy atom. The van der Waals surface area contributed by atoms with Crippen LogP contribution in [0.1, 0.15) is 138 Å². The second-order valence-corrected chi connectivity index (χ2v) is 20.0. The third kappa shape index (κ3) is 6.41. The van der Waals surface area contributed by atoms with E-state index in [1.54, 1.807) is 0 Å². The molecule has 6 N–H and O–H groups in total. The van der Waals surface area contributed by atoms with Crippen molar-refractivity contribution >= 4 is 11.9 Å². The van der Waals surface area contributed by atoms with E-state index in [1.165, 1.54) is 5.57 Å². The smallest absolute Gasteiger partial charge is 0.303 e. The highest BCUT2D eigenvalue weighted by atomic mass is 16.7. The second kappa shape index (κ2) is 14.2. The zero-order valence-corrected chi connectivity index (χ0v) is 33.0. The summed E-state index contributed by atoms with van der Waals surface area (Å²) in [6.07, 6.45) is 8.14. The van der Waals surface area contributed by atoms with E-state index in [2.05, 4.69) is 59.9 Å². The quantitative estimate of drug-likeness (QED) is 0.0935. The lowest BCUT2D eigenvalue weighted by Gasteiger charge is -2.71.